The maximum absolute atomic E-state index is 12.3. The van der Waals surface area contributed by atoms with Crippen LogP contribution in [-0.2, 0) is 15.6 Å². The molecule has 2 N–H and O–H groups in total. The van der Waals surface area contributed by atoms with Crippen molar-refractivity contribution < 1.29 is 9.00 Å². The Morgan fingerprint density at radius 1 is 1.32 bits per heavy atom. The number of nitrogens with two attached hydrogens (primary N) is 1. The van der Waals surface area contributed by atoms with E-state index in [0.29, 0.717) is 25.1 Å². The standard InChI is InChI=1S/C16H23BrN2O2S/c17-13-6-8-15(9-7-13)22(21)11-3-5-16(20)19-10-2-1-4-14(19)12-18/h6-9,14H,1-5,10-12,18H2. The zero-order valence-corrected chi connectivity index (χ0v) is 15.1. The SMILES string of the molecule is NCC1CCCCN1C(=O)CCCS(=O)c1ccc(Br)cc1. The summed E-state index contributed by atoms with van der Waals surface area (Å²) >= 11 is 3.36. The van der Waals surface area contributed by atoms with E-state index in [-0.39, 0.29) is 11.9 Å². The number of carbonyl (C=O) groups is 1. The largest absolute Gasteiger partial charge is 0.338 e. The molecule has 0 bridgehead atoms. The first kappa shape index (κ1) is 17.6. The molecular weight excluding hydrogens is 364 g/mol. The molecule has 1 saturated heterocycles. The smallest absolute Gasteiger partial charge is 0.222 e. The summed E-state index contributed by atoms with van der Waals surface area (Å²) in [5.41, 5.74) is 5.75. The zero-order valence-electron chi connectivity index (χ0n) is 12.7. The van der Waals surface area contributed by atoms with Gasteiger partial charge in [0, 0.05) is 40.7 Å². The minimum Gasteiger partial charge on any atom is -0.338 e. The van der Waals surface area contributed by atoms with Crippen molar-refractivity contribution in [3.63, 3.8) is 0 Å². The number of hydrogen-bond acceptors (Lipinski definition) is 3. The van der Waals surface area contributed by atoms with Crippen LogP contribution in [0.2, 0.25) is 0 Å². The van der Waals surface area contributed by atoms with Crippen LogP contribution in [0.1, 0.15) is 32.1 Å². The lowest BCUT2D eigenvalue weighted by molar-refractivity contribution is -0.134. The van der Waals surface area contributed by atoms with Gasteiger partial charge < -0.3 is 10.6 Å². The minimum absolute atomic E-state index is 0.156. The van der Waals surface area contributed by atoms with E-state index < -0.39 is 10.8 Å². The summed E-state index contributed by atoms with van der Waals surface area (Å²) in [4.78, 5) is 15.0. The van der Waals surface area contributed by atoms with E-state index in [0.717, 1.165) is 35.2 Å². The molecule has 1 amide bonds. The molecule has 4 nitrogen and oxygen atoms in total. The molecular formula is C16H23BrN2O2S. The molecule has 22 heavy (non-hydrogen) atoms. The number of benzene rings is 1. The summed E-state index contributed by atoms with van der Waals surface area (Å²) in [6, 6.07) is 7.68. The number of nitrogens with zero attached hydrogens (tertiary/aromatic N) is 1. The number of likely N-dealkylation sites (tertiary alicyclic amines) is 1. The highest BCUT2D eigenvalue weighted by atomic mass is 79.9. The molecule has 1 fully saturated rings. The average molecular weight is 387 g/mol. The van der Waals surface area contributed by atoms with Gasteiger partial charge in [0.2, 0.25) is 5.91 Å². The number of piperidine rings is 1. The summed E-state index contributed by atoms with van der Waals surface area (Å²) in [5.74, 6) is 0.678. The Balaban J connectivity index is 1.78. The Labute approximate surface area is 143 Å². The van der Waals surface area contributed by atoms with Crippen LogP contribution < -0.4 is 5.73 Å². The Kier molecular flexibility index (Phi) is 7.05. The molecule has 2 unspecified atom stereocenters. The van der Waals surface area contributed by atoms with Gasteiger partial charge in [-0.1, -0.05) is 15.9 Å². The van der Waals surface area contributed by atoms with Crippen LogP contribution in [0.25, 0.3) is 0 Å². The first-order valence-electron chi connectivity index (χ1n) is 7.75. The molecule has 1 heterocycles. The molecule has 0 spiro atoms. The summed E-state index contributed by atoms with van der Waals surface area (Å²) in [6.45, 7) is 1.35. The lowest BCUT2D eigenvalue weighted by Gasteiger charge is -2.35. The first-order valence-corrected chi connectivity index (χ1v) is 9.86. The number of amides is 1. The quantitative estimate of drug-likeness (QED) is 0.816. The van der Waals surface area contributed by atoms with Crippen LogP contribution in [0.15, 0.2) is 33.6 Å². The van der Waals surface area contributed by atoms with Crippen molar-refractivity contribution >= 4 is 32.6 Å². The van der Waals surface area contributed by atoms with E-state index in [1.165, 1.54) is 0 Å². The van der Waals surface area contributed by atoms with Crippen molar-refractivity contribution in [2.24, 2.45) is 5.73 Å². The monoisotopic (exact) mass is 386 g/mol. The van der Waals surface area contributed by atoms with E-state index in [1.807, 2.05) is 29.2 Å². The van der Waals surface area contributed by atoms with Gasteiger partial charge >= 0.3 is 0 Å². The lowest BCUT2D eigenvalue weighted by atomic mass is 10.0. The van der Waals surface area contributed by atoms with Crippen LogP contribution in [-0.4, -0.2) is 39.9 Å². The second-order valence-electron chi connectivity index (χ2n) is 5.58. The van der Waals surface area contributed by atoms with Gasteiger partial charge in [0.1, 0.15) is 0 Å². The highest BCUT2D eigenvalue weighted by molar-refractivity contribution is 9.10. The number of hydrogen-bond donors (Lipinski definition) is 1. The van der Waals surface area contributed by atoms with E-state index in [1.54, 1.807) is 0 Å². The molecule has 2 rings (SSSR count). The van der Waals surface area contributed by atoms with E-state index in [4.69, 9.17) is 5.73 Å². The number of carbonyl (C=O) groups excluding carboxylic acids is 1. The van der Waals surface area contributed by atoms with Crippen molar-refractivity contribution in [3.8, 4) is 0 Å². The maximum Gasteiger partial charge on any atom is 0.222 e. The molecule has 0 aromatic heterocycles. The predicted molar refractivity (Wildman–Crippen MR) is 93.1 cm³/mol. The molecule has 1 aromatic carbocycles. The molecule has 6 heteroatoms. The molecule has 1 aromatic rings. The van der Waals surface area contributed by atoms with Crippen LogP contribution in [0.5, 0.6) is 0 Å². The Morgan fingerprint density at radius 3 is 2.73 bits per heavy atom. The highest BCUT2D eigenvalue weighted by Crippen LogP contribution is 2.18. The molecule has 1 aliphatic heterocycles. The fourth-order valence-electron chi connectivity index (χ4n) is 2.78. The predicted octanol–water partition coefficient (Wildman–Crippen LogP) is 2.68. The van der Waals surface area contributed by atoms with Crippen LogP contribution in [0.4, 0.5) is 0 Å². The summed E-state index contributed by atoms with van der Waals surface area (Å²) in [6.07, 6.45) is 4.33. The van der Waals surface area contributed by atoms with Gasteiger partial charge in [-0.15, -0.1) is 0 Å². The van der Waals surface area contributed by atoms with Crippen molar-refractivity contribution in [1.82, 2.24) is 4.90 Å². The Morgan fingerprint density at radius 2 is 2.05 bits per heavy atom. The van der Waals surface area contributed by atoms with Gasteiger partial charge in [-0.3, -0.25) is 9.00 Å². The first-order chi connectivity index (χ1) is 10.6. The van der Waals surface area contributed by atoms with E-state index >= 15 is 0 Å². The third-order valence-electron chi connectivity index (χ3n) is 4.02. The molecule has 2 atom stereocenters. The van der Waals surface area contributed by atoms with Gasteiger partial charge in [0.05, 0.1) is 10.8 Å². The fraction of sp³-hybridized carbons (Fsp3) is 0.562. The lowest BCUT2D eigenvalue weighted by Crippen LogP contribution is -2.47. The highest BCUT2D eigenvalue weighted by Gasteiger charge is 2.25. The zero-order chi connectivity index (χ0) is 15.9. The molecule has 0 saturated carbocycles. The minimum atomic E-state index is -1.04. The third kappa shape index (κ3) is 4.89. The second-order valence-corrected chi connectivity index (χ2v) is 8.07. The topological polar surface area (TPSA) is 63.4 Å². The van der Waals surface area contributed by atoms with Gasteiger partial charge in [-0.2, -0.15) is 0 Å². The van der Waals surface area contributed by atoms with Gasteiger partial charge in [-0.05, 0) is 49.9 Å². The summed E-state index contributed by atoms with van der Waals surface area (Å²) in [5, 5.41) is 0. The van der Waals surface area contributed by atoms with Crippen molar-refractivity contribution in [2.75, 3.05) is 18.8 Å². The average Bonchev–Trinajstić information content (AvgIpc) is 2.55. The van der Waals surface area contributed by atoms with Crippen LogP contribution in [0, 0.1) is 0 Å². The summed E-state index contributed by atoms with van der Waals surface area (Å²) < 4.78 is 13.2. The van der Waals surface area contributed by atoms with E-state index in [9.17, 15) is 9.00 Å². The van der Waals surface area contributed by atoms with Crippen LogP contribution in [0.3, 0.4) is 0 Å². The Bertz CT molecular complexity index is 521. The van der Waals surface area contributed by atoms with Gasteiger partial charge in [-0.25, -0.2) is 0 Å². The number of halogens is 1. The van der Waals surface area contributed by atoms with Gasteiger partial charge in [0.15, 0.2) is 0 Å². The van der Waals surface area contributed by atoms with Crippen molar-refractivity contribution in [1.29, 1.82) is 0 Å². The van der Waals surface area contributed by atoms with Gasteiger partial charge in [0.25, 0.3) is 0 Å². The molecule has 122 valence electrons. The molecule has 0 aliphatic carbocycles. The summed E-state index contributed by atoms with van der Waals surface area (Å²) in [7, 11) is -1.04. The van der Waals surface area contributed by atoms with Crippen LogP contribution >= 0.6 is 15.9 Å². The molecule has 0 radical (unpaired) electrons. The number of rotatable bonds is 6. The fourth-order valence-corrected chi connectivity index (χ4v) is 4.12. The van der Waals surface area contributed by atoms with Crippen molar-refractivity contribution in [3.05, 3.63) is 28.7 Å². The molecule has 1 aliphatic rings. The van der Waals surface area contributed by atoms with E-state index in [2.05, 4.69) is 15.9 Å². The Hall–Kier alpha value is -0.720. The normalized spacial score (nSPS) is 19.9. The third-order valence-corrected chi connectivity index (χ3v) is 6.00. The van der Waals surface area contributed by atoms with Crippen molar-refractivity contribution in [2.45, 2.75) is 43.0 Å². The maximum atomic E-state index is 12.3. The second kappa shape index (κ2) is 8.79.